The minimum Gasteiger partial charge on any atom is -0.495 e. The number of aryl methyl sites for hydroxylation is 1. The molecule has 3 N–H and O–H groups in total. The van der Waals surface area contributed by atoms with Crippen LogP contribution >= 0.6 is 0 Å². The molecule has 1 heterocycles. The Balaban J connectivity index is 2.18. The van der Waals surface area contributed by atoms with E-state index >= 15 is 0 Å². The van der Waals surface area contributed by atoms with Crippen molar-refractivity contribution < 1.29 is 13.9 Å². The fourth-order valence-electron chi connectivity index (χ4n) is 1.84. The van der Waals surface area contributed by atoms with Gasteiger partial charge in [0, 0.05) is 13.0 Å². The van der Waals surface area contributed by atoms with E-state index in [0.29, 0.717) is 18.0 Å². The Hall–Kier alpha value is -2.27. The highest BCUT2D eigenvalue weighted by atomic mass is 16.5. The van der Waals surface area contributed by atoms with E-state index in [-0.39, 0.29) is 11.7 Å². The lowest BCUT2D eigenvalue weighted by molar-refractivity contribution is 0.0994. The van der Waals surface area contributed by atoms with Gasteiger partial charge in [-0.25, -0.2) is 0 Å². The van der Waals surface area contributed by atoms with Crippen LogP contribution in [0.1, 0.15) is 28.8 Å². The van der Waals surface area contributed by atoms with Crippen molar-refractivity contribution in [3.63, 3.8) is 0 Å². The average Bonchev–Trinajstić information content (AvgIpc) is 2.96. The molecule has 0 saturated carbocycles. The van der Waals surface area contributed by atoms with Gasteiger partial charge in [0.05, 0.1) is 12.8 Å². The van der Waals surface area contributed by atoms with Gasteiger partial charge < -0.3 is 20.2 Å². The van der Waals surface area contributed by atoms with E-state index in [2.05, 4.69) is 5.32 Å². The summed E-state index contributed by atoms with van der Waals surface area (Å²) < 4.78 is 10.7. The van der Waals surface area contributed by atoms with E-state index in [1.54, 1.807) is 31.4 Å². The number of nitrogens with one attached hydrogen (secondary N) is 1. The first kappa shape index (κ1) is 14.1. The topological polar surface area (TPSA) is 77.5 Å². The van der Waals surface area contributed by atoms with Crippen LogP contribution in [0, 0.1) is 0 Å². The van der Waals surface area contributed by atoms with Gasteiger partial charge in [0.2, 0.25) is 0 Å². The standard InChI is InChI=1S/C15H18N2O3/c1-3-11-5-7-13(20-11)15(18)17-12-6-4-10(9-16)8-14(12)19-2/h4-8H,3,9,16H2,1-2H3,(H,17,18). The molecule has 0 aliphatic carbocycles. The Morgan fingerprint density at radius 3 is 2.75 bits per heavy atom. The summed E-state index contributed by atoms with van der Waals surface area (Å²) in [7, 11) is 1.55. The van der Waals surface area contributed by atoms with Gasteiger partial charge in [-0.15, -0.1) is 0 Å². The fraction of sp³-hybridized carbons (Fsp3) is 0.267. The van der Waals surface area contributed by atoms with Gasteiger partial charge in [-0.3, -0.25) is 4.79 Å². The number of benzene rings is 1. The van der Waals surface area contributed by atoms with E-state index in [9.17, 15) is 4.79 Å². The molecule has 1 aromatic heterocycles. The van der Waals surface area contributed by atoms with E-state index in [1.165, 1.54) is 0 Å². The number of methoxy groups -OCH3 is 1. The zero-order valence-corrected chi connectivity index (χ0v) is 11.6. The summed E-state index contributed by atoms with van der Waals surface area (Å²) >= 11 is 0. The largest absolute Gasteiger partial charge is 0.495 e. The van der Waals surface area contributed by atoms with E-state index in [0.717, 1.165) is 17.7 Å². The minimum absolute atomic E-state index is 0.284. The second-order valence-corrected chi connectivity index (χ2v) is 4.31. The molecule has 0 unspecified atom stereocenters. The molecule has 2 aromatic rings. The molecular weight excluding hydrogens is 256 g/mol. The summed E-state index contributed by atoms with van der Waals surface area (Å²) in [6.45, 7) is 2.39. The van der Waals surface area contributed by atoms with Crippen LogP contribution < -0.4 is 15.8 Å². The number of furan rings is 1. The van der Waals surface area contributed by atoms with Crippen molar-refractivity contribution in [1.82, 2.24) is 0 Å². The van der Waals surface area contributed by atoms with Crippen molar-refractivity contribution >= 4 is 11.6 Å². The summed E-state index contributed by atoms with van der Waals surface area (Å²) in [6.07, 6.45) is 0.752. The summed E-state index contributed by atoms with van der Waals surface area (Å²) in [5.74, 6) is 1.33. The van der Waals surface area contributed by atoms with Gasteiger partial charge in [0.15, 0.2) is 5.76 Å². The summed E-state index contributed by atoms with van der Waals surface area (Å²) in [6, 6.07) is 8.87. The number of hydrogen-bond acceptors (Lipinski definition) is 4. The van der Waals surface area contributed by atoms with Gasteiger partial charge in [0.25, 0.3) is 5.91 Å². The van der Waals surface area contributed by atoms with Crippen LogP contribution in [-0.4, -0.2) is 13.0 Å². The number of ether oxygens (including phenoxy) is 1. The molecule has 1 amide bonds. The highest BCUT2D eigenvalue weighted by Crippen LogP contribution is 2.26. The number of nitrogens with two attached hydrogens (primary N) is 1. The maximum atomic E-state index is 12.1. The van der Waals surface area contributed by atoms with Crippen LogP contribution in [0.5, 0.6) is 5.75 Å². The summed E-state index contributed by atoms with van der Waals surface area (Å²) in [4.78, 5) is 12.1. The second-order valence-electron chi connectivity index (χ2n) is 4.31. The third kappa shape index (κ3) is 3.00. The molecule has 106 valence electrons. The van der Waals surface area contributed by atoms with Crippen molar-refractivity contribution in [2.24, 2.45) is 5.73 Å². The molecule has 0 aliphatic heterocycles. The Morgan fingerprint density at radius 2 is 2.15 bits per heavy atom. The number of amides is 1. The molecular formula is C15H18N2O3. The van der Waals surface area contributed by atoms with Gasteiger partial charge in [-0.05, 0) is 29.8 Å². The molecule has 2 rings (SSSR count). The minimum atomic E-state index is -0.302. The van der Waals surface area contributed by atoms with Crippen LogP contribution in [0.2, 0.25) is 0 Å². The van der Waals surface area contributed by atoms with Crippen LogP contribution in [0.3, 0.4) is 0 Å². The first-order valence-corrected chi connectivity index (χ1v) is 6.45. The lowest BCUT2D eigenvalue weighted by Gasteiger charge is -2.10. The van der Waals surface area contributed by atoms with Crippen molar-refractivity contribution in [1.29, 1.82) is 0 Å². The van der Waals surface area contributed by atoms with Gasteiger partial charge in [-0.2, -0.15) is 0 Å². The van der Waals surface area contributed by atoms with Crippen molar-refractivity contribution in [3.8, 4) is 5.75 Å². The van der Waals surface area contributed by atoms with E-state index in [4.69, 9.17) is 14.9 Å². The van der Waals surface area contributed by atoms with E-state index < -0.39 is 0 Å². The van der Waals surface area contributed by atoms with Crippen LogP contribution in [0.4, 0.5) is 5.69 Å². The quantitative estimate of drug-likeness (QED) is 0.878. The molecule has 5 nitrogen and oxygen atoms in total. The third-order valence-corrected chi connectivity index (χ3v) is 2.98. The molecule has 0 radical (unpaired) electrons. The smallest absolute Gasteiger partial charge is 0.291 e. The molecule has 20 heavy (non-hydrogen) atoms. The normalized spacial score (nSPS) is 10.3. The SMILES string of the molecule is CCc1ccc(C(=O)Nc2ccc(CN)cc2OC)o1. The average molecular weight is 274 g/mol. The number of carbonyl (C=O) groups is 1. The molecule has 0 atom stereocenters. The predicted octanol–water partition coefficient (Wildman–Crippen LogP) is 2.56. The van der Waals surface area contributed by atoms with Crippen LogP contribution in [-0.2, 0) is 13.0 Å². The molecule has 0 fully saturated rings. The van der Waals surface area contributed by atoms with Gasteiger partial charge in [0.1, 0.15) is 11.5 Å². The molecule has 0 saturated heterocycles. The maximum Gasteiger partial charge on any atom is 0.291 e. The highest BCUT2D eigenvalue weighted by Gasteiger charge is 2.13. The lowest BCUT2D eigenvalue weighted by Crippen LogP contribution is -2.12. The molecule has 0 bridgehead atoms. The predicted molar refractivity (Wildman–Crippen MR) is 76.9 cm³/mol. The Labute approximate surface area is 117 Å². The molecule has 0 aliphatic rings. The second kappa shape index (κ2) is 6.25. The zero-order chi connectivity index (χ0) is 14.5. The van der Waals surface area contributed by atoms with Crippen LogP contribution in [0.15, 0.2) is 34.7 Å². The fourth-order valence-corrected chi connectivity index (χ4v) is 1.84. The first-order valence-electron chi connectivity index (χ1n) is 6.45. The lowest BCUT2D eigenvalue weighted by atomic mass is 10.2. The highest BCUT2D eigenvalue weighted by molar-refractivity contribution is 6.03. The number of hydrogen-bond donors (Lipinski definition) is 2. The summed E-state index contributed by atoms with van der Waals surface area (Å²) in [5.41, 5.74) is 7.10. The van der Waals surface area contributed by atoms with Crippen molar-refractivity contribution in [2.75, 3.05) is 12.4 Å². The van der Waals surface area contributed by atoms with Crippen molar-refractivity contribution in [3.05, 3.63) is 47.4 Å². The Morgan fingerprint density at radius 1 is 1.35 bits per heavy atom. The zero-order valence-electron chi connectivity index (χ0n) is 11.6. The van der Waals surface area contributed by atoms with E-state index in [1.807, 2.05) is 13.0 Å². The van der Waals surface area contributed by atoms with Gasteiger partial charge >= 0.3 is 0 Å². The Bertz CT molecular complexity index is 605. The number of carbonyl (C=O) groups excluding carboxylic acids is 1. The number of rotatable bonds is 5. The van der Waals surface area contributed by atoms with Gasteiger partial charge in [-0.1, -0.05) is 13.0 Å². The molecule has 0 spiro atoms. The maximum absolute atomic E-state index is 12.1. The van der Waals surface area contributed by atoms with Crippen molar-refractivity contribution in [2.45, 2.75) is 19.9 Å². The first-order chi connectivity index (χ1) is 9.67. The molecule has 5 heteroatoms. The third-order valence-electron chi connectivity index (χ3n) is 2.98. The summed E-state index contributed by atoms with van der Waals surface area (Å²) in [5, 5.41) is 2.77. The Kier molecular flexibility index (Phi) is 4.42. The monoisotopic (exact) mass is 274 g/mol. The molecule has 1 aromatic carbocycles. The number of anilines is 1. The van der Waals surface area contributed by atoms with Crippen LogP contribution in [0.25, 0.3) is 0 Å².